The first-order valence-electron chi connectivity index (χ1n) is 12.0. The smallest absolute Gasteiger partial charge is 0.399 e. The summed E-state index contributed by atoms with van der Waals surface area (Å²) in [5, 5.41) is 7.59. The number of benzene rings is 5. The average molecular weight is 443 g/mol. The van der Waals surface area contributed by atoms with Gasteiger partial charge >= 0.3 is 7.12 Å². The molecule has 7 rings (SSSR count). The lowest BCUT2D eigenvalue weighted by Gasteiger charge is -2.32. The van der Waals surface area contributed by atoms with E-state index in [0.29, 0.717) is 0 Å². The van der Waals surface area contributed by atoms with Crippen LogP contribution in [-0.4, -0.2) is 22.9 Å². The molecule has 1 aliphatic heterocycles. The number of hydrogen-bond acceptors (Lipinski definition) is 2. The molecule has 4 heteroatoms. The maximum atomic E-state index is 6.55. The second-order valence-corrected chi connectivity index (χ2v) is 10.4. The van der Waals surface area contributed by atoms with Gasteiger partial charge in [0.25, 0.3) is 0 Å². The zero-order valence-corrected chi connectivity index (χ0v) is 19.9. The quantitative estimate of drug-likeness (QED) is 0.216. The Bertz CT molecular complexity index is 1700. The molecule has 3 nitrogen and oxygen atoms in total. The van der Waals surface area contributed by atoms with Crippen LogP contribution in [0.5, 0.6) is 0 Å². The Balaban J connectivity index is 1.67. The van der Waals surface area contributed by atoms with Crippen molar-refractivity contribution in [3.63, 3.8) is 0 Å². The molecule has 2 heterocycles. The van der Waals surface area contributed by atoms with E-state index in [1.807, 2.05) is 0 Å². The third-order valence-corrected chi connectivity index (χ3v) is 8.00. The molecule has 1 aromatic heterocycles. The molecule has 6 aromatic rings. The first kappa shape index (κ1) is 20.1. The van der Waals surface area contributed by atoms with Gasteiger partial charge in [0.05, 0.1) is 22.2 Å². The van der Waals surface area contributed by atoms with E-state index < -0.39 is 18.3 Å². The van der Waals surface area contributed by atoms with Crippen molar-refractivity contribution < 1.29 is 9.31 Å². The van der Waals surface area contributed by atoms with Crippen molar-refractivity contribution in [2.24, 2.45) is 0 Å². The summed E-state index contributed by atoms with van der Waals surface area (Å²) in [5.74, 6) is 0. The third-order valence-electron chi connectivity index (χ3n) is 8.00. The summed E-state index contributed by atoms with van der Waals surface area (Å²) in [6.07, 6.45) is 0. The SMILES string of the molecule is CC1(C)OB(c2ccc3c4c2c2ccccc2c2cccc(c24)n3-c2ccccc2)OC1(C)C. The highest BCUT2D eigenvalue weighted by molar-refractivity contribution is 6.67. The summed E-state index contributed by atoms with van der Waals surface area (Å²) >= 11 is 0. The molecule has 0 spiro atoms. The molecule has 1 fully saturated rings. The van der Waals surface area contributed by atoms with Crippen molar-refractivity contribution in [1.29, 1.82) is 0 Å². The Morgan fingerprint density at radius 2 is 1.15 bits per heavy atom. The molecule has 0 radical (unpaired) electrons. The highest BCUT2D eigenvalue weighted by Crippen LogP contribution is 2.44. The molecule has 0 amide bonds. The topological polar surface area (TPSA) is 23.4 Å². The van der Waals surface area contributed by atoms with Crippen molar-refractivity contribution in [1.82, 2.24) is 4.57 Å². The van der Waals surface area contributed by atoms with Gasteiger partial charge < -0.3 is 13.9 Å². The molecule has 0 atom stereocenters. The molecule has 0 bridgehead atoms. The van der Waals surface area contributed by atoms with Crippen molar-refractivity contribution in [2.75, 3.05) is 0 Å². The van der Waals surface area contributed by atoms with Crippen LogP contribution in [0.3, 0.4) is 0 Å². The summed E-state index contributed by atoms with van der Waals surface area (Å²) in [6.45, 7) is 8.46. The Morgan fingerprint density at radius 1 is 0.559 bits per heavy atom. The van der Waals surface area contributed by atoms with Gasteiger partial charge in [0, 0.05) is 16.5 Å². The van der Waals surface area contributed by atoms with E-state index in [1.54, 1.807) is 0 Å². The van der Waals surface area contributed by atoms with E-state index in [0.717, 1.165) is 5.46 Å². The zero-order chi connectivity index (χ0) is 23.2. The van der Waals surface area contributed by atoms with E-state index in [2.05, 4.69) is 117 Å². The molecule has 0 N–H and O–H groups in total. The first-order chi connectivity index (χ1) is 16.4. The van der Waals surface area contributed by atoms with Gasteiger partial charge in [-0.25, -0.2) is 0 Å². The third kappa shape index (κ3) is 2.50. The summed E-state index contributed by atoms with van der Waals surface area (Å²) in [4.78, 5) is 0. The molecule has 166 valence electrons. The first-order valence-corrected chi connectivity index (χ1v) is 12.0. The van der Waals surface area contributed by atoms with Gasteiger partial charge in [0.2, 0.25) is 0 Å². The van der Waals surface area contributed by atoms with Crippen LogP contribution in [0.1, 0.15) is 27.7 Å². The Morgan fingerprint density at radius 3 is 1.88 bits per heavy atom. The lowest BCUT2D eigenvalue weighted by molar-refractivity contribution is 0.00578. The van der Waals surface area contributed by atoms with Gasteiger partial charge in [-0.05, 0) is 79.0 Å². The maximum absolute atomic E-state index is 6.55. The summed E-state index contributed by atoms with van der Waals surface area (Å²) in [5.41, 5.74) is 3.91. The number of para-hydroxylation sites is 1. The van der Waals surface area contributed by atoms with Crippen molar-refractivity contribution >= 4 is 55.9 Å². The second kappa shape index (κ2) is 6.62. The van der Waals surface area contributed by atoms with Crippen molar-refractivity contribution in [3.05, 3.63) is 84.9 Å². The second-order valence-electron chi connectivity index (χ2n) is 10.4. The van der Waals surface area contributed by atoms with E-state index in [-0.39, 0.29) is 0 Å². The monoisotopic (exact) mass is 443 g/mol. The molecular formula is C30H26BNO2. The average Bonchev–Trinajstić information content (AvgIpc) is 3.28. The normalized spacial score (nSPS) is 17.6. The fourth-order valence-electron chi connectivity index (χ4n) is 5.64. The zero-order valence-electron chi connectivity index (χ0n) is 19.9. The van der Waals surface area contributed by atoms with Gasteiger partial charge in [0.1, 0.15) is 0 Å². The highest BCUT2D eigenvalue weighted by Gasteiger charge is 2.52. The minimum absolute atomic E-state index is 0.392. The van der Waals surface area contributed by atoms with E-state index in [9.17, 15) is 0 Å². The lowest BCUT2D eigenvalue weighted by Crippen LogP contribution is -2.41. The predicted octanol–water partition coefficient (Wildman–Crippen LogP) is 6.83. The Kier molecular flexibility index (Phi) is 3.91. The number of rotatable bonds is 2. The van der Waals surface area contributed by atoms with E-state index in [4.69, 9.17) is 9.31 Å². The van der Waals surface area contributed by atoms with Crippen LogP contribution in [-0.2, 0) is 9.31 Å². The summed E-state index contributed by atoms with van der Waals surface area (Å²) in [7, 11) is -0.419. The maximum Gasteiger partial charge on any atom is 0.495 e. The van der Waals surface area contributed by atoms with E-state index in [1.165, 1.54) is 49.0 Å². The minimum atomic E-state index is -0.419. The summed E-state index contributed by atoms with van der Waals surface area (Å²) in [6, 6.07) is 30.5. The molecule has 0 saturated carbocycles. The van der Waals surface area contributed by atoms with Gasteiger partial charge in [-0.3, -0.25) is 0 Å². The Hall–Kier alpha value is -3.34. The fraction of sp³-hybridized carbons (Fsp3) is 0.200. The van der Waals surface area contributed by atoms with Crippen molar-refractivity contribution in [2.45, 2.75) is 38.9 Å². The Labute approximate surface area is 199 Å². The number of aromatic nitrogens is 1. The molecule has 5 aromatic carbocycles. The standard InChI is InChI=1S/C30H26BNO2/c1-29(2)30(3,4)34-31(33-29)23-17-18-25-28-26(23)21-14-9-8-13-20(21)22-15-10-16-24(27(22)28)32(25)19-11-6-5-7-12-19/h5-18H,1-4H3. The largest absolute Gasteiger partial charge is 0.495 e. The van der Waals surface area contributed by atoms with Crippen LogP contribution in [0, 0.1) is 0 Å². The van der Waals surface area contributed by atoms with Gasteiger partial charge in [-0.15, -0.1) is 0 Å². The van der Waals surface area contributed by atoms with Crippen LogP contribution in [0.15, 0.2) is 84.9 Å². The lowest BCUT2D eigenvalue weighted by atomic mass is 9.74. The molecule has 1 aliphatic rings. The van der Waals surface area contributed by atoms with Gasteiger partial charge in [0.15, 0.2) is 0 Å². The van der Waals surface area contributed by atoms with Crippen LogP contribution in [0.25, 0.3) is 49.0 Å². The molecule has 34 heavy (non-hydrogen) atoms. The van der Waals surface area contributed by atoms with Crippen LogP contribution >= 0.6 is 0 Å². The van der Waals surface area contributed by atoms with Crippen LogP contribution in [0.4, 0.5) is 0 Å². The number of fused-ring (bicyclic) bond motifs is 3. The van der Waals surface area contributed by atoms with Crippen LogP contribution in [0.2, 0.25) is 0 Å². The van der Waals surface area contributed by atoms with Gasteiger partial charge in [-0.2, -0.15) is 0 Å². The predicted molar refractivity (Wildman–Crippen MR) is 143 cm³/mol. The molecular weight excluding hydrogens is 417 g/mol. The van der Waals surface area contributed by atoms with Crippen molar-refractivity contribution in [3.8, 4) is 5.69 Å². The summed E-state index contributed by atoms with van der Waals surface area (Å²) < 4.78 is 15.5. The molecule has 0 unspecified atom stereocenters. The fourth-order valence-corrected chi connectivity index (χ4v) is 5.64. The highest BCUT2D eigenvalue weighted by atomic mass is 16.7. The minimum Gasteiger partial charge on any atom is -0.399 e. The van der Waals surface area contributed by atoms with Crippen LogP contribution < -0.4 is 5.46 Å². The van der Waals surface area contributed by atoms with Gasteiger partial charge in [-0.1, -0.05) is 60.7 Å². The van der Waals surface area contributed by atoms with E-state index >= 15 is 0 Å². The molecule has 0 aliphatic carbocycles. The number of hydrogen-bond donors (Lipinski definition) is 0. The molecule has 1 saturated heterocycles. The number of nitrogens with zero attached hydrogens (tertiary/aromatic N) is 1.